The van der Waals surface area contributed by atoms with Crippen molar-refractivity contribution in [2.75, 3.05) is 12.4 Å². The number of anilines is 1. The fourth-order valence-corrected chi connectivity index (χ4v) is 2.18. The van der Waals surface area contributed by atoms with Crippen LogP contribution in [0.3, 0.4) is 0 Å². The lowest BCUT2D eigenvalue weighted by molar-refractivity contribution is 0.452. The number of hydrogen-bond donors (Lipinski definition) is 1. The molecule has 0 aliphatic carbocycles. The largest absolute Gasteiger partial charge is 0.387 e. The highest BCUT2D eigenvalue weighted by Crippen LogP contribution is 2.31. The van der Waals surface area contributed by atoms with Gasteiger partial charge in [0.1, 0.15) is 5.52 Å². The molecule has 1 aromatic heterocycles. The van der Waals surface area contributed by atoms with Crippen molar-refractivity contribution in [2.45, 2.75) is 20.3 Å². The first-order valence-electron chi connectivity index (χ1n) is 5.65. The van der Waals surface area contributed by atoms with Crippen molar-refractivity contribution in [1.82, 2.24) is 4.98 Å². The molecule has 2 nitrogen and oxygen atoms in total. The monoisotopic (exact) mass is 254 g/mol. The average Bonchev–Trinajstić information content (AvgIpc) is 2.36. The average molecular weight is 254 g/mol. The number of aromatic nitrogens is 1. The second kappa shape index (κ2) is 4.48. The zero-order valence-electron chi connectivity index (χ0n) is 10.4. The Labute approximate surface area is 103 Å². The molecule has 1 aromatic carbocycles. The second-order valence-corrected chi connectivity index (χ2v) is 4.04. The molecule has 0 bridgehead atoms. The maximum atomic E-state index is 13.7. The third kappa shape index (κ3) is 1.70. The van der Waals surface area contributed by atoms with Crippen molar-refractivity contribution < 1.29 is 13.2 Å². The van der Waals surface area contributed by atoms with Gasteiger partial charge in [-0.3, -0.25) is 0 Å². The van der Waals surface area contributed by atoms with E-state index in [1.165, 1.54) is 0 Å². The van der Waals surface area contributed by atoms with E-state index in [9.17, 15) is 13.2 Å². The predicted molar refractivity (Wildman–Crippen MR) is 65.3 cm³/mol. The summed E-state index contributed by atoms with van der Waals surface area (Å²) in [7, 11) is 1.66. The van der Waals surface area contributed by atoms with Gasteiger partial charge in [0.05, 0.1) is 0 Å². The molecule has 0 amide bonds. The summed E-state index contributed by atoms with van der Waals surface area (Å²) in [6, 6.07) is 0.977. The number of nitrogens with zero attached hydrogens (tertiary/aromatic N) is 1. The van der Waals surface area contributed by atoms with E-state index in [1.54, 1.807) is 14.0 Å². The SMILES string of the molecule is CCc1c(C)nc2c(F)c(F)c(F)cc2c1NC. The number of rotatable bonds is 2. The van der Waals surface area contributed by atoms with Gasteiger partial charge in [-0.25, -0.2) is 18.2 Å². The summed E-state index contributed by atoms with van der Waals surface area (Å²) in [5, 5.41) is 3.17. The molecule has 0 fully saturated rings. The fraction of sp³-hybridized carbons (Fsp3) is 0.308. The van der Waals surface area contributed by atoms with Gasteiger partial charge in [-0.1, -0.05) is 6.92 Å². The summed E-state index contributed by atoms with van der Waals surface area (Å²) in [5.74, 6) is -3.93. The van der Waals surface area contributed by atoms with Gasteiger partial charge in [-0.15, -0.1) is 0 Å². The topological polar surface area (TPSA) is 24.9 Å². The number of halogens is 3. The van der Waals surface area contributed by atoms with Gasteiger partial charge in [0.2, 0.25) is 0 Å². The molecular formula is C13H13F3N2. The molecule has 0 spiro atoms. The van der Waals surface area contributed by atoms with Crippen LogP contribution in [0.25, 0.3) is 10.9 Å². The van der Waals surface area contributed by atoms with E-state index in [0.717, 1.165) is 11.6 Å². The van der Waals surface area contributed by atoms with Crippen LogP contribution in [0.4, 0.5) is 18.9 Å². The molecule has 1 N–H and O–H groups in total. The first-order chi connectivity index (χ1) is 8.51. The normalized spacial score (nSPS) is 11.0. The number of fused-ring (bicyclic) bond motifs is 1. The highest BCUT2D eigenvalue weighted by Gasteiger charge is 2.19. The van der Waals surface area contributed by atoms with Gasteiger partial charge in [0.15, 0.2) is 17.5 Å². The summed E-state index contributed by atoms with van der Waals surface area (Å²) in [6.07, 6.45) is 0.672. The molecule has 1 heterocycles. The lowest BCUT2D eigenvalue weighted by Crippen LogP contribution is -2.04. The number of hydrogen-bond acceptors (Lipinski definition) is 2. The first-order valence-corrected chi connectivity index (χ1v) is 5.65. The van der Waals surface area contributed by atoms with Crippen LogP contribution < -0.4 is 5.32 Å². The van der Waals surface area contributed by atoms with Crippen molar-refractivity contribution >= 4 is 16.6 Å². The van der Waals surface area contributed by atoms with Crippen molar-refractivity contribution in [1.29, 1.82) is 0 Å². The second-order valence-electron chi connectivity index (χ2n) is 4.04. The Bertz CT molecular complexity index is 624. The van der Waals surface area contributed by atoms with E-state index in [4.69, 9.17) is 0 Å². The first kappa shape index (κ1) is 12.7. The van der Waals surface area contributed by atoms with Gasteiger partial charge in [-0.05, 0) is 25.0 Å². The highest BCUT2D eigenvalue weighted by atomic mass is 19.2. The Morgan fingerprint density at radius 1 is 1.22 bits per heavy atom. The third-order valence-corrected chi connectivity index (χ3v) is 3.03. The van der Waals surface area contributed by atoms with Crippen LogP contribution in [0.5, 0.6) is 0 Å². The molecular weight excluding hydrogens is 241 g/mol. The van der Waals surface area contributed by atoms with E-state index < -0.39 is 17.5 Å². The zero-order valence-corrected chi connectivity index (χ0v) is 10.4. The quantitative estimate of drug-likeness (QED) is 0.829. The van der Waals surface area contributed by atoms with Gasteiger partial charge >= 0.3 is 0 Å². The van der Waals surface area contributed by atoms with Gasteiger partial charge < -0.3 is 5.32 Å². The molecule has 5 heteroatoms. The zero-order chi connectivity index (χ0) is 13.4. The highest BCUT2D eigenvalue weighted by molar-refractivity contribution is 5.93. The van der Waals surface area contributed by atoms with E-state index >= 15 is 0 Å². The smallest absolute Gasteiger partial charge is 0.196 e. The van der Waals surface area contributed by atoms with Crippen LogP contribution in [0.15, 0.2) is 6.07 Å². The lowest BCUT2D eigenvalue weighted by Gasteiger charge is -2.14. The van der Waals surface area contributed by atoms with E-state index in [-0.39, 0.29) is 10.9 Å². The Hall–Kier alpha value is -1.78. The van der Waals surface area contributed by atoms with Crippen LogP contribution >= 0.6 is 0 Å². The van der Waals surface area contributed by atoms with Crippen molar-refractivity contribution in [2.24, 2.45) is 0 Å². The Morgan fingerprint density at radius 3 is 2.44 bits per heavy atom. The lowest BCUT2D eigenvalue weighted by atomic mass is 10.0. The maximum absolute atomic E-state index is 13.7. The molecule has 0 radical (unpaired) electrons. The molecule has 18 heavy (non-hydrogen) atoms. The molecule has 0 saturated heterocycles. The molecule has 0 aliphatic heterocycles. The van der Waals surface area contributed by atoms with E-state index in [0.29, 0.717) is 17.8 Å². The maximum Gasteiger partial charge on any atom is 0.196 e. The Balaban J connectivity index is 2.98. The molecule has 96 valence electrons. The van der Waals surface area contributed by atoms with Crippen molar-refractivity contribution in [3.8, 4) is 0 Å². The van der Waals surface area contributed by atoms with Crippen molar-refractivity contribution in [3.63, 3.8) is 0 Å². The van der Waals surface area contributed by atoms with Crippen LogP contribution in [-0.4, -0.2) is 12.0 Å². The van der Waals surface area contributed by atoms with Crippen LogP contribution in [0.2, 0.25) is 0 Å². The minimum atomic E-state index is -1.49. The fourth-order valence-electron chi connectivity index (χ4n) is 2.18. The molecule has 0 aliphatic rings. The summed E-state index contributed by atoms with van der Waals surface area (Å²) < 4.78 is 40.2. The number of pyridine rings is 1. The van der Waals surface area contributed by atoms with Crippen LogP contribution in [0, 0.1) is 24.4 Å². The van der Waals surface area contributed by atoms with Gasteiger partial charge in [-0.2, -0.15) is 0 Å². The summed E-state index contributed by atoms with van der Waals surface area (Å²) in [4.78, 5) is 4.03. The van der Waals surface area contributed by atoms with Crippen LogP contribution in [-0.2, 0) is 6.42 Å². The van der Waals surface area contributed by atoms with Gasteiger partial charge in [0.25, 0.3) is 0 Å². The molecule has 0 atom stereocenters. The van der Waals surface area contributed by atoms with Gasteiger partial charge in [0, 0.05) is 23.8 Å². The number of nitrogens with one attached hydrogen (secondary N) is 1. The minimum Gasteiger partial charge on any atom is -0.387 e. The Morgan fingerprint density at radius 2 is 1.89 bits per heavy atom. The predicted octanol–water partition coefficient (Wildman–Crippen LogP) is 3.56. The third-order valence-electron chi connectivity index (χ3n) is 3.03. The summed E-state index contributed by atoms with van der Waals surface area (Å²) in [6.45, 7) is 3.65. The standard InChI is InChI=1S/C13H13F3N2/c1-4-7-6(2)18-13-8(12(7)17-3)5-9(14)10(15)11(13)16/h5H,4H2,1-3H3,(H,17,18). The molecule has 2 rings (SSSR count). The van der Waals surface area contributed by atoms with Crippen molar-refractivity contribution in [3.05, 3.63) is 34.8 Å². The molecule has 2 aromatic rings. The minimum absolute atomic E-state index is 0.145. The Kier molecular flexibility index (Phi) is 3.15. The summed E-state index contributed by atoms with van der Waals surface area (Å²) >= 11 is 0. The van der Waals surface area contributed by atoms with Crippen LogP contribution in [0.1, 0.15) is 18.2 Å². The van der Waals surface area contributed by atoms with E-state index in [2.05, 4.69) is 10.3 Å². The number of aryl methyl sites for hydroxylation is 1. The molecule has 0 unspecified atom stereocenters. The van der Waals surface area contributed by atoms with E-state index in [1.807, 2.05) is 6.92 Å². The summed E-state index contributed by atoms with van der Waals surface area (Å²) in [5.41, 5.74) is 1.93. The number of benzene rings is 1. The molecule has 0 saturated carbocycles.